The zero-order valence-electron chi connectivity index (χ0n) is 11.4. The minimum atomic E-state index is 0.0777. The number of hydrogen-bond donors (Lipinski definition) is 1. The minimum absolute atomic E-state index is 0.0777. The molecule has 0 saturated carbocycles. The van der Waals surface area contributed by atoms with Crippen molar-refractivity contribution in [2.75, 3.05) is 0 Å². The smallest absolute Gasteiger partial charge is 0.0481 e. The SMILES string of the molecule is CC(N)c1cn(C)c2ccc(C(C)(C)C)cc12. The Morgan fingerprint density at radius 1 is 1.24 bits per heavy atom. The van der Waals surface area contributed by atoms with Crippen LogP contribution in [0.5, 0.6) is 0 Å². The van der Waals surface area contributed by atoms with Gasteiger partial charge in [0.15, 0.2) is 0 Å². The van der Waals surface area contributed by atoms with E-state index in [9.17, 15) is 0 Å². The highest BCUT2D eigenvalue weighted by Crippen LogP contribution is 2.30. The predicted octanol–water partition coefficient (Wildman–Crippen LogP) is 3.50. The van der Waals surface area contributed by atoms with Crippen LogP contribution in [0.25, 0.3) is 10.9 Å². The van der Waals surface area contributed by atoms with E-state index in [4.69, 9.17) is 5.73 Å². The molecule has 0 bridgehead atoms. The number of rotatable bonds is 1. The maximum atomic E-state index is 6.04. The standard InChI is InChI=1S/C15H22N2/c1-10(16)13-9-17(5)14-7-6-11(8-12(13)14)15(2,3)4/h6-10H,16H2,1-5H3. The predicted molar refractivity (Wildman–Crippen MR) is 74.2 cm³/mol. The van der Waals surface area contributed by atoms with Crippen molar-refractivity contribution in [3.05, 3.63) is 35.5 Å². The van der Waals surface area contributed by atoms with Gasteiger partial charge in [-0.2, -0.15) is 0 Å². The molecule has 2 rings (SSSR count). The molecule has 2 aromatic rings. The van der Waals surface area contributed by atoms with E-state index >= 15 is 0 Å². The molecular weight excluding hydrogens is 208 g/mol. The molecule has 1 atom stereocenters. The van der Waals surface area contributed by atoms with Crippen molar-refractivity contribution in [2.24, 2.45) is 12.8 Å². The molecule has 0 saturated heterocycles. The van der Waals surface area contributed by atoms with E-state index in [2.05, 4.69) is 56.8 Å². The lowest BCUT2D eigenvalue weighted by atomic mass is 9.86. The fraction of sp³-hybridized carbons (Fsp3) is 0.467. The fourth-order valence-corrected chi connectivity index (χ4v) is 2.25. The highest BCUT2D eigenvalue weighted by molar-refractivity contribution is 5.85. The van der Waals surface area contributed by atoms with Gasteiger partial charge in [-0.25, -0.2) is 0 Å². The summed E-state index contributed by atoms with van der Waals surface area (Å²) in [6, 6.07) is 6.78. The highest BCUT2D eigenvalue weighted by Gasteiger charge is 2.16. The van der Waals surface area contributed by atoms with E-state index in [1.807, 2.05) is 6.92 Å². The van der Waals surface area contributed by atoms with Crippen molar-refractivity contribution in [1.29, 1.82) is 0 Å². The van der Waals surface area contributed by atoms with Gasteiger partial charge >= 0.3 is 0 Å². The average molecular weight is 230 g/mol. The molecule has 17 heavy (non-hydrogen) atoms. The molecule has 0 aliphatic rings. The van der Waals surface area contributed by atoms with Gasteiger partial charge in [0.2, 0.25) is 0 Å². The zero-order valence-corrected chi connectivity index (χ0v) is 11.4. The van der Waals surface area contributed by atoms with E-state index in [0.29, 0.717) is 0 Å². The van der Waals surface area contributed by atoms with E-state index in [-0.39, 0.29) is 11.5 Å². The number of nitrogens with zero attached hydrogens (tertiary/aromatic N) is 1. The molecule has 1 unspecified atom stereocenters. The first-order valence-electron chi connectivity index (χ1n) is 6.16. The van der Waals surface area contributed by atoms with Crippen LogP contribution in [-0.4, -0.2) is 4.57 Å². The summed E-state index contributed by atoms with van der Waals surface area (Å²) in [6.45, 7) is 8.76. The third-order valence-corrected chi connectivity index (χ3v) is 3.38. The van der Waals surface area contributed by atoms with Crippen LogP contribution in [0.1, 0.15) is 44.9 Å². The summed E-state index contributed by atoms with van der Waals surface area (Å²) < 4.78 is 2.15. The Morgan fingerprint density at radius 2 is 1.88 bits per heavy atom. The third-order valence-electron chi connectivity index (χ3n) is 3.38. The number of hydrogen-bond acceptors (Lipinski definition) is 1. The topological polar surface area (TPSA) is 30.9 Å². The molecule has 92 valence electrons. The summed E-state index contributed by atoms with van der Waals surface area (Å²) in [5.41, 5.74) is 10.1. The molecule has 1 aromatic carbocycles. The van der Waals surface area contributed by atoms with E-state index in [1.54, 1.807) is 0 Å². The molecule has 0 aliphatic carbocycles. The first-order chi connectivity index (χ1) is 7.80. The molecule has 2 nitrogen and oxygen atoms in total. The van der Waals surface area contributed by atoms with Gasteiger partial charge in [0.05, 0.1) is 0 Å². The van der Waals surface area contributed by atoms with E-state index in [0.717, 1.165) is 0 Å². The fourth-order valence-electron chi connectivity index (χ4n) is 2.25. The van der Waals surface area contributed by atoms with Crippen LogP contribution in [0.15, 0.2) is 24.4 Å². The first kappa shape index (κ1) is 12.2. The Balaban J connectivity index is 2.71. The highest BCUT2D eigenvalue weighted by atomic mass is 14.9. The van der Waals surface area contributed by atoms with Crippen molar-refractivity contribution in [3.8, 4) is 0 Å². The molecule has 0 radical (unpaired) electrons. The Kier molecular flexibility index (Phi) is 2.78. The van der Waals surface area contributed by atoms with Crippen molar-refractivity contribution >= 4 is 10.9 Å². The van der Waals surface area contributed by atoms with Crippen LogP contribution in [0.4, 0.5) is 0 Å². The lowest BCUT2D eigenvalue weighted by Crippen LogP contribution is -2.11. The Labute approximate surface area is 103 Å². The van der Waals surface area contributed by atoms with Crippen LogP contribution >= 0.6 is 0 Å². The molecule has 1 aromatic heterocycles. The van der Waals surface area contributed by atoms with Gasteiger partial charge in [0.1, 0.15) is 0 Å². The average Bonchev–Trinajstić information content (AvgIpc) is 2.54. The van der Waals surface area contributed by atoms with Gasteiger partial charge in [-0.15, -0.1) is 0 Å². The first-order valence-corrected chi connectivity index (χ1v) is 6.16. The van der Waals surface area contributed by atoms with Crippen molar-refractivity contribution in [3.63, 3.8) is 0 Å². The van der Waals surface area contributed by atoms with Gasteiger partial charge in [-0.3, -0.25) is 0 Å². The zero-order chi connectivity index (χ0) is 12.8. The Morgan fingerprint density at radius 3 is 2.41 bits per heavy atom. The van der Waals surface area contributed by atoms with Crippen molar-refractivity contribution in [2.45, 2.75) is 39.2 Å². The molecule has 2 heteroatoms. The molecule has 0 spiro atoms. The van der Waals surface area contributed by atoms with Gasteiger partial charge < -0.3 is 10.3 Å². The quantitative estimate of drug-likeness (QED) is 0.798. The van der Waals surface area contributed by atoms with Crippen LogP contribution in [-0.2, 0) is 12.5 Å². The maximum absolute atomic E-state index is 6.04. The van der Waals surface area contributed by atoms with Crippen molar-refractivity contribution in [1.82, 2.24) is 4.57 Å². The van der Waals surface area contributed by atoms with Gasteiger partial charge in [-0.05, 0) is 35.6 Å². The second-order valence-corrected chi connectivity index (χ2v) is 5.97. The molecular formula is C15H22N2. The summed E-state index contributed by atoms with van der Waals surface area (Å²) >= 11 is 0. The monoisotopic (exact) mass is 230 g/mol. The van der Waals surface area contributed by atoms with Gasteiger partial charge in [0, 0.05) is 30.2 Å². The Hall–Kier alpha value is -1.28. The van der Waals surface area contributed by atoms with Gasteiger partial charge in [0.25, 0.3) is 0 Å². The number of benzene rings is 1. The molecule has 0 fully saturated rings. The van der Waals surface area contributed by atoms with Crippen molar-refractivity contribution < 1.29 is 0 Å². The second-order valence-electron chi connectivity index (χ2n) is 5.97. The minimum Gasteiger partial charge on any atom is -0.350 e. The summed E-state index contributed by atoms with van der Waals surface area (Å²) in [7, 11) is 2.07. The molecule has 0 amide bonds. The maximum Gasteiger partial charge on any atom is 0.0481 e. The number of fused-ring (bicyclic) bond motifs is 1. The Bertz CT molecular complexity index is 542. The lowest BCUT2D eigenvalue weighted by molar-refractivity contribution is 0.591. The number of nitrogens with two attached hydrogens (primary N) is 1. The normalized spacial score (nSPS) is 14.2. The van der Waals surface area contributed by atoms with E-state index in [1.165, 1.54) is 22.0 Å². The molecule has 2 N–H and O–H groups in total. The summed E-state index contributed by atoms with van der Waals surface area (Å²) in [6.07, 6.45) is 2.14. The molecule has 0 aliphatic heterocycles. The third kappa shape index (κ3) is 2.09. The van der Waals surface area contributed by atoms with Crippen LogP contribution < -0.4 is 5.73 Å². The summed E-state index contributed by atoms with van der Waals surface area (Å²) in [4.78, 5) is 0. The second kappa shape index (κ2) is 3.88. The van der Waals surface area contributed by atoms with Crippen LogP contribution in [0.3, 0.4) is 0 Å². The van der Waals surface area contributed by atoms with E-state index < -0.39 is 0 Å². The molecule has 1 heterocycles. The van der Waals surface area contributed by atoms with Crippen LogP contribution in [0, 0.1) is 0 Å². The summed E-state index contributed by atoms with van der Waals surface area (Å²) in [5, 5.41) is 1.29. The summed E-state index contributed by atoms with van der Waals surface area (Å²) in [5.74, 6) is 0. The number of aromatic nitrogens is 1. The van der Waals surface area contributed by atoms with Gasteiger partial charge in [-0.1, -0.05) is 26.8 Å². The lowest BCUT2D eigenvalue weighted by Gasteiger charge is -2.19. The largest absolute Gasteiger partial charge is 0.350 e. The number of aryl methyl sites for hydroxylation is 1. The van der Waals surface area contributed by atoms with Crippen LogP contribution in [0.2, 0.25) is 0 Å².